The van der Waals surface area contributed by atoms with Gasteiger partial charge in [0.1, 0.15) is 12.1 Å². The molecule has 7 heteroatoms. The molecular weight excluding hydrogens is 498 g/mol. The molecule has 0 aliphatic carbocycles. The summed E-state index contributed by atoms with van der Waals surface area (Å²) < 4.78 is 12.0. The van der Waals surface area contributed by atoms with Gasteiger partial charge in [-0.25, -0.2) is 5.06 Å². The van der Waals surface area contributed by atoms with Crippen LogP contribution in [0.5, 0.6) is 0 Å². The van der Waals surface area contributed by atoms with E-state index in [1.54, 1.807) is 18.9 Å². The van der Waals surface area contributed by atoms with Gasteiger partial charge in [-0.3, -0.25) is 14.4 Å². The Morgan fingerprint density at radius 2 is 1.35 bits per heavy atom. The van der Waals surface area contributed by atoms with E-state index in [1.807, 2.05) is 84.9 Å². The molecule has 1 heterocycles. The van der Waals surface area contributed by atoms with Crippen molar-refractivity contribution in [3.63, 3.8) is 0 Å². The van der Waals surface area contributed by atoms with Gasteiger partial charge in [0.2, 0.25) is 5.41 Å². The van der Waals surface area contributed by atoms with Crippen molar-refractivity contribution in [3.8, 4) is 0 Å². The molecule has 3 aromatic rings. The van der Waals surface area contributed by atoms with Crippen molar-refractivity contribution in [1.29, 1.82) is 0 Å². The van der Waals surface area contributed by atoms with Crippen molar-refractivity contribution in [1.82, 2.24) is 0 Å². The molecule has 0 N–H and O–H groups in total. The minimum absolute atomic E-state index is 0.111. The van der Waals surface area contributed by atoms with Gasteiger partial charge in [-0.2, -0.15) is 0 Å². The zero-order chi connectivity index (χ0) is 24.1. The Morgan fingerprint density at radius 3 is 1.88 bits per heavy atom. The lowest BCUT2D eigenvalue weighted by Crippen LogP contribution is -2.49. The number of anilines is 1. The van der Waals surface area contributed by atoms with E-state index < -0.39 is 29.5 Å². The molecule has 1 aliphatic heterocycles. The maximum Gasteiger partial charge on any atom is 0.329 e. The first kappa shape index (κ1) is 24.0. The van der Waals surface area contributed by atoms with E-state index in [0.29, 0.717) is 11.3 Å². The Balaban J connectivity index is 2.02. The van der Waals surface area contributed by atoms with E-state index in [4.69, 9.17) is 14.3 Å². The summed E-state index contributed by atoms with van der Waals surface area (Å²) in [6.45, 7) is 3.65. The van der Waals surface area contributed by atoms with Crippen LogP contribution in [-0.2, 0) is 23.9 Å². The highest BCUT2D eigenvalue weighted by Crippen LogP contribution is 2.58. The number of hydrogen-bond acceptors (Lipinski definition) is 6. The molecule has 1 saturated heterocycles. The Hall–Kier alpha value is -3.16. The number of benzene rings is 3. The van der Waals surface area contributed by atoms with Crippen LogP contribution in [0.15, 0.2) is 89.4 Å². The molecule has 1 aliphatic rings. The fourth-order valence-electron chi connectivity index (χ4n) is 4.39. The van der Waals surface area contributed by atoms with E-state index in [0.717, 1.165) is 10.0 Å². The number of carbonyl (C=O) groups excluding carboxylic acids is 2. The van der Waals surface area contributed by atoms with Gasteiger partial charge in [-0.15, -0.1) is 0 Å². The average molecular weight is 524 g/mol. The van der Waals surface area contributed by atoms with E-state index in [9.17, 15) is 9.59 Å². The van der Waals surface area contributed by atoms with E-state index in [1.165, 1.54) is 0 Å². The molecule has 0 spiro atoms. The van der Waals surface area contributed by atoms with Crippen LogP contribution in [0.1, 0.15) is 37.1 Å². The highest BCUT2D eigenvalue weighted by Gasteiger charge is 2.69. The summed E-state index contributed by atoms with van der Waals surface area (Å²) in [5, 5.41) is 1.63. The Kier molecular flexibility index (Phi) is 7.34. The van der Waals surface area contributed by atoms with E-state index in [2.05, 4.69) is 15.9 Å². The predicted molar refractivity (Wildman–Crippen MR) is 132 cm³/mol. The molecule has 0 bridgehead atoms. The van der Waals surface area contributed by atoms with E-state index >= 15 is 0 Å². The summed E-state index contributed by atoms with van der Waals surface area (Å²) in [5.41, 5.74) is 0.279. The van der Waals surface area contributed by atoms with E-state index in [-0.39, 0.29) is 13.2 Å². The molecule has 0 amide bonds. The molecule has 176 valence electrons. The number of hydrogen-bond donors (Lipinski definition) is 0. The second-order valence-corrected chi connectivity index (χ2v) is 8.74. The number of rotatable bonds is 7. The summed E-state index contributed by atoms with van der Waals surface area (Å²) in [7, 11) is 0. The van der Waals surface area contributed by atoms with Gasteiger partial charge in [-0.1, -0.05) is 76.6 Å². The van der Waals surface area contributed by atoms with Crippen molar-refractivity contribution in [2.45, 2.75) is 26.0 Å². The maximum atomic E-state index is 13.9. The number of nitrogens with zero attached hydrogens (tertiary/aromatic N) is 1. The third-order valence-corrected chi connectivity index (χ3v) is 6.35. The Morgan fingerprint density at radius 1 is 0.824 bits per heavy atom. The summed E-state index contributed by atoms with van der Waals surface area (Å²) >= 11 is 3.45. The highest BCUT2D eigenvalue weighted by atomic mass is 79.9. The first-order chi connectivity index (χ1) is 16.5. The average Bonchev–Trinajstić information content (AvgIpc) is 3.23. The quantitative estimate of drug-likeness (QED) is 0.288. The van der Waals surface area contributed by atoms with Crippen LogP contribution in [0.4, 0.5) is 5.69 Å². The summed E-state index contributed by atoms with van der Waals surface area (Å²) in [6.07, 6.45) is -0.982. The molecule has 34 heavy (non-hydrogen) atoms. The summed E-state index contributed by atoms with van der Waals surface area (Å²) in [5.74, 6) is -1.37. The lowest BCUT2D eigenvalue weighted by molar-refractivity contribution is -0.177. The van der Waals surface area contributed by atoms with Crippen molar-refractivity contribution in [2.75, 3.05) is 18.3 Å². The zero-order valence-corrected chi connectivity index (χ0v) is 20.6. The fraction of sp³-hybridized carbons (Fsp3) is 0.259. The molecule has 0 saturated carbocycles. The smallest absolute Gasteiger partial charge is 0.329 e. The SMILES string of the molecule is CCOC(=O)C1(C(=O)OCC)[C@H](c2ccc(Br)cc2)ON(c2ccccc2)[C@@H]1c1ccccc1. The number of carbonyl (C=O) groups is 2. The maximum absolute atomic E-state index is 13.9. The molecule has 1 fully saturated rings. The number of para-hydroxylation sites is 1. The minimum Gasteiger partial charge on any atom is -0.465 e. The van der Waals surface area contributed by atoms with Gasteiger partial charge < -0.3 is 9.47 Å². The second-order valence-electron chi connectivity index (χ2n) is 7.82. The summed E-state index contributed by atoms with van der Waals surface area (Å²) in [6, 6.07) is 25.3. The van der Waals surface area contributed by atoms with Crippen LogP contribution in [0.3, 0.4) is 0 Å². The first-order valence-electron chi connectivity index (χ1n) is 11.2. The van der Waals surface area contributed by atoms with Crippen LogP contribution >= 0.6 is 15.9 Å². The number of halogens is 1. The number of hydroxylamine groups is 1. The highest BCUT2D eigenvalue weighted by molar-refractivity contribution is 9.10. The first-order valence-corrected chi connectivity index (χ1v) is 12.0. The fourth-order valence-corrected chi connectivity index (χ4v) is 4.65. The van der Waals surface area contributed by atoms with Gasteiger partial charge in [0.15, 0.2) is 0 Å². The van der Waals surface area contributed by atoms with Crippen LogP contribution in [-0.4, -0.2) is 25.2 Å². The molecule has 0 unspecified atom stereocenters. The van der Waals surface area contributed by atoms with Crippen molar-refractivity contribution >= 4 is 33.6 Å². The molecule has 3 aromatic carbocycles. The standard InChI is InChI=1S/C27H26BrNO5/c1-3-32-25(30)27(26(31)33-4-2)23(19-11-7-5-8-12-19)29(22-13-9-6-10-14-22)34-24(27)20-15-17-21(28)18-16-20/h5-18,23-24H,3-4H2,1-2H3/t23-,24+/m1/s1. The Labute approximate surface area is 207 Å². The predicted octanol–water partition coefficient (Wildman–Crippen LogP) is 5.80. The third kappa shape index (κ3) is 4.21. The van der Waals surface area contributed by atoms with Gasteiger partial charge in [0, 0.05) is 4.47 Å². The Bertz CT molecular complexity index is 1100. The normalized spacial score (nSPS) is 19.0. The van der Waals surface area contributed by atoms with Crippen LogP contribution in [0.2, 0.25) is 0 Å². The minimum atomic E-state index is -1.81. The number of esters is 2. The zero-order valence-electron chi connectivity index (χ0n) is 19.0. The van der Waals surface area contributed by atoms with Crippen LogP contribution in [0, 0.1) is 5.41 Å². The summed E-state index contributed by atoms with van der Waals surface area (Å²) in [4.78, 5) is 34.2. The molecule has 2 atom stereocenters. The lowest BCUT2D eigenvalue weighted by Gasteiger charge is -2.34. The lowest BCUT2D eigenvalue weighted by atomic mass is 9.71. The topological polar surface area (TPSA) is 65.1 Å². The molecule has 4 rings (SSSR count). The molecule has 6 nitrogen and oxygen atoms in total. The van der Waals surface area contributed by atoms with Crippen molar-refractivity contribution in [2.24, 2.45) is 5.41 Å². The largest absolute Gasteiger partial charge is 0.465 e. The van der Waals surface area contributed by atoms with Gasteiger partial charge in [-0.05, 0) is 49.2 Å². The van der Waals surface area contributed by atoms with Crippen LogP contribution in [0.25, 0.3) is 0 Å². The second kappa shape index (κ2) is 10.4. The molecule has 0 aromatic heterocycles. The molecular formula is C27H26BrNO5. The van der Waals surface area contributed by atoms with Gasteiger partial charge in [0.25, 0.3) is 0 Å². The van der Waals surface area contributed by atoms with Crippen molar-refractivity contribution < 1.29 is 23.9 Å². The van der Waals surface area contributed by atoms with Gasteiger partial charge in [0.05, 0.1) is 18.9 Å². The van der Waals surface area contributed by atoms with Gasteiger partial charge >= 0.3 is 11.9 Å². The number of ether oxygens (including phenoxy) is 2. The van der Waals surface area contributed by atoms with Crippen LogP contribution < -0.4 is 5.06 Å². The molecule has 0 radical (unpaired) electrons. The third-order valence-electron chi connectivity index (χ3n) is 5.82. The van der Waals surface area contributed by atoms with Crippen molar-refractivity contribution in [3.05, 3.63) is 101 Å². The monoisotopic (exact) mass is 523 g/mol.